The maximum absolute atomic E-state index is 11.7. The van der Waals surface area contributed by atoms with Crippen molar-refractivity contribution in [3.05, 3.63) is 41.1 Å². The largest absolute Gasteiger partial charge is 0.481 e. The van der Waals surface area contributed by atoms with Crippen LogP contribution in [-0.4, -0.2) is 50.3 Å². The first-order chi connectivity index (χ1) is 11.9. The van der Waals surface area contributed by atoms with E-state index in [1.165, 1.54) is 0 Å². The number of fused-ring (bicyclic) bond motifs is 1. The van der Waals surface area contributed by atoms with Crippen molar-refractivity contribution in [3.8, 4) is 11.3 Å². The lowest BCUT2D eigenvalue weighted by Gasteiger charge is -2.37. The fourth-order valence-electron chi connectivity index (χ4n) is 3.51. The highest BCUT2D eigenvalue weighted by Gasteiger charge is 2.44. The molecule has 0 spiro atoms. The van der Waals surface area contributed by atoms with Gasteiger partial charge >= 0.3 is 11.9 Å². The number of H-pyrrole nitrogens is 1. The molecule has 7 heteroatoms. The number of likely N-dealkylation sites (N-methyl/N-ethyl adjacent to an activating group) is 1. The molecule has 25 heavy (non-hydrogen) atoms. The Labute approximate surface area is 145 Å². The molecule has 0 aliphatic carbocycles. The molecule has 132 valence electrons. The highest BCUT2D eigenvalue weighted by molar-refractivity contribution is 5.94. The summed E-state index contributed by atoms with van der Waals surface area (Å²) in [5.41, 5.74) is 4.09. The lowest BCUT2D eigenvalue weighted by Crippen LogP contribution is -2.44. The Balaban J connectivity index is 2.16. The second kappa shape index (κ2) is 6.68. The minimum Gasteiger partial charge on any atom is -0.481 e. The molecule has 7 nitrogen and oxygen atoms in total. The van der Waals surface area contributed by atoms with E-state index in [1.54, 1.807) is 0 Å². The second-order valence-electron chi connectivity index (χ2n) is 6.31. The predicted molar refractivity (Wildman–Crippen MR) is 91.2 cm³/mol. The number of nitrogens with zero attached hydrogens (tertiary/aromatic N) is 2. The lowest BCUT2D eigenvalue weighted by atomic mass is 9.85. The highest BCUT2D eigenvalue weighted by atomic mass is 16.4. The Morgan fingerprint density at radius 2 is 1.92 bits per heavy atom. The molecule has 0 amide bonds. The van der Waals surface area contributed by atoms with Crippen LogP contribution in [0.3, 0.4) is 0 Å². The molecule has 3 N–H and O–H groups in total. The first-order valence-corrected chi connectivity index (χ1v) is 8.27. The summed E-state index contributed by atoms with van der Waals surface area (Å²) in [6.45, 7) is 5.06. The molecule has 0 fully saturated rings. The molecular formula is C18H21N3O4. The van der Waals surface area contributed by atoms with E-state index in [-0.39, 0.29) is 0 Å². The van der Waals surface area contributed by atoms with E-state index in [4.69, 9.17) is 0 Å². The number of carboxylic acid groups (broad SMARTS) is 2. The number of aliphatic carboxylic acids is 2. The van der Waals surface area contributed by atoms with Gasteiger partial charge in [0.15, 0.2) is 5.92 Å². The third-order valence-corrected chi connectivity index (χ3v) is 4.80. The maximum atomic E-state index is 11.7. The van der Waals surface area contributed by atoms with E-state index in [1.807, 2.05) is 43.0 Å². The smallest absolute Gasteiger partial charge is 0.319 e. The molecule has 0 radical (unpaired) electrons. The van der Waals surface area contributed by atoms with Crippen LogP contribution in [0.2, 0.25) is 0 Å². The van der Waals surface area contributed by atoms with Gasteiger partial charge in [-0.2, -0.15) is 5.10 Å². The zero-order valence-electron chi connectivity index (χ0n) is 14.2. The van der Waals surface area contributed by atoms with Gasteiger partial charge in [0.1, 0.15) is 0 Å². The molecule has 1 aliphatic heterocycles. The quantitative estimate of drug-likeness (QED) is 0.718. The molecule has 1 aromatic heterocycles. The molecule has 0 bridgehead atoms. The van der Waals surface area contributed by atoms with Gasteiger partial charge in [0.25, 0.3) is 0 Å². The molecule has 1 aromatic carbocycles. The Hall–Kier alpha value is -2.67. The highest BCUT2D eigenvalue weighted by Crippen LogP contribution is 2.40. The van der Waals surface area contributed by atoms with E-state index in [0.29, 0.717) is 30.8 Å². The van der Waals surface area contributed by atoms with Gasteiger partial charge in [0.05, 0.1) is 11.7 Å². The zero-order chi connectivity index (χ0) is 18.1. The van der Waals surface area contributed by atoms with Gasteiger partial charge in [-0.25, -0.2) is 0 Å². The van der Waals surface area contributed by atoms with Crippen molar-refractivity contribution >= 4 is 11.9 Å². The van der Waals surface area contributed by atoms with E-state index < -0.39 is 23.9 Å². The summed E-state index contributed by atoms with van der Waals surface area (Å²) in [5.74, 6) is -4.21. The van der Waals surface area contributed by atoms with E-state index >= 15 is 0 Å². The van der Waals surface area contributed by atoms with Gasteiger partial charge in [0.2, 0.25) is 0 Å². The number of carbonyl (C=O) groups is 2. The molecule has 3 rings (SSSR count). The van der Waals surface area contributed by atoms with Gasteiger partial charge in [-0.3, -0.25) is 19.6 Å². The molecular weight excluding hydrogens is 322 g/mol. The molecule has 0 saturated carbocycles. The standard InChI is InChI=1S/C18H21N3O4/c1-3-21-9-8-12-13(16(21)14(17(22)23)18(24)25)15(20-19-12)11-6-4-10(2)5-7-11/h4-7,14,16H,3,8-9H2,1-2H3,(H,19,20)(H,22,23)(H,24,25). The number of benzene rings is 1. The third-order valence-electron chi connectivity index (χ3n) is 4.80. The second-order valence-corrected chi connectivity index (χ2v) is 6.31. The number of aromatic amines is 1. The molecule has 1 unspecified atom stereocenters. The van der Waals surface area contributed by atoms with Crippen LogP contribution in [0.5, 0.6) is 0 Å². The van der Waals surface area contributed by atoms with Crippen molar-refractivity contribution < 1.29 is 19.8 Å². The van der Waals surface area contributed by atoms with Crippen LogP contribution < -0.4 is 0 Å². The SMILES string of the molecule is CCN1CCc2[nH]nc(-c3ccc(C)cc3)c2C1C(C(=O)O)C(=O)O. The summed E-state index contributed by atoms with van der Waals surface area (Å²) >= 11 is 0. The Morgan fingerprint density at radius 1 is 1.28 bits per heavy atom. The fraction of sp³-hybridized carbons (Fsp3) is 0.389. The number of aromatic nitrogens is 2. The summed E-state index contributed by atoms with van der Waals surface area (Å²) in [4.78, 5) is 25.3. The Morgan fingerprint density at radius 3 is 2.48 bits per heavy atom. The molecule has 0 saturated heterocycles. The van der Waals surface area contributed by atoms with Crippen molar-refractivity contribution in [3.63, 3.8) is 0 Å². The van der Waals surface area contributed by atoms with Crippen LogP contribution in [0.1, 0.15) is 29.8 Å². The average Bonchev–Trinajstić information content (AvgIpc) is 2.99. The van der Waals surface area contributed by atoms with E-state index in [0.717, 1.165) is 16.8 Å². The average molecular weight is 343 g/mol. The van der Waals surface area contributed by atoms with Gasteiger partial charge < -0.3 is 10.2 Å². The van der Waals surface area contributed by atoms with Crippen LogP contribution in [0.4, 0.5) is 0 Å². The normalized spacial score (nSPS) is 17.5. The summed E-state index contributed by atoms with van der Waals surface area (Å²) in [7, 11) is 0. The van der Waals surface area contributed by atoms with Crippen LogP contribution >= 0.6 is 0 Å². The summed E-state index contributed by atoms with van der Waals surface area (Å²) < 4.78 is 0. The van der Waals surface area contributed by atoms with Crippen LogP contribution in [0.15, 0.2) is 24.3 Å². The number of carboxylic acids is 2. The lowest BCUT2D eigenvalue weighted by molar-refractivity contribution is -0.158. The van der Waals surface area contributed by atoms with Crippen molar-refractivity contribution in [2.24, 2.45) is 5.92 Å². The van der Waals surface area contributed by atoms with Crippen molar-refractivity contribution in [2.45, 2.75) is 26.3 Å². The zero-order valence-corrected chi connectivity index (χ0v) is 14.2. The molecule has 1 aliphatic rings. The summed E-state index contributed by atoms with van der Waals surface area (Å²) in [6.07, 6.45) is 0.685. The van der Waals surface area contributed by atoms with Gasteiger partial charge in [0, 0.05) is 29.8 Å². The first-order valence-electron chi connectivity index (χ1n) is 8.27. The minimum atomic E-state index is -1.54. The molecule has 2 aromatic rings. The van der Waals surface area contributed by atoms with Crippen LogP contribution in [-0.2, 0) is 16.0 Å². The topological polar surface area (TPSA) is 107 Å². The van der Waals surface area contributed by atoms with Crippen molar-refractivity contribution in [1.82, 2.24) is 15.1 Å². The Kier molecular flexibility index (Phi) is 4.59. The number of aryl methyl sites for hydroxylation is 1. The summed E-state index contributed by atoms with van der Waals surface area (Å²) in [6, 6.07) is 7.00. The van der Waals surface area contributed by atoms with E-state index in [2.05, 4.69) is 10.2 Å². The number of nitrogens with one attached hydrogen (secondary N) is 1. The van der Waals surface area contributed by atoms with Crippen molar-refractivity contribution in [2.75, 3.05) is 13.1 Å². The monoisotopic (exact) mass is 343 g/mol. The van der Waals surface area contributed by atoms with Gasteiger partial charge in [-0.15, -0.1) is 0 Å². The summed E-state index contributed by atoms with van der Waals surface area (Å²) in [5, 5.41) is 26.4. The third kappa shape index (κ3) is 3.02. The van der Waals surface area contributed by atoms with Gasteiger partial charge in [-0.1, -0.05) is 36.8 Å². The number of rotatable bonds is 5. The van der Waals surface area contributed by atoms with Gasteiger partial charge in [-0.05, 0) is 13.5 Å². The van der Waals surface area contributed by atoms with Crippen LogP contribution in [0.25, 0.3) is 11.3 Å². The number of hydrogen-bond donors (Lipinski definition) is 3. The predicted octanol–water partition coefficient (Wildman–Crippen LogP) is 2.09. The molecule has 1 atom stereocenters. The molecule has 2 heterocycles. The van der Waals surface area contributed by atoms with E-state index in [9.17, 15) is 19.8 Å². The Bertz CT molecular complexity index is 783. The van der Waals surface area contributed by atoms with Crippen molar-refractivity contribution in [1.29, 1.82) is 0 Å². The number of hydrogen-bond acceptors (Lipinski definition) is 4. The minimum absolute atomic E-state index is 0.569. The fourth-order valence-corrected chi connectivity index (χ4v) is 3.51. The first kappa shape index (κ1) is 17.2. The maximum Gasteiger partial charge on any atom is 0.319 e. The van der Waals surface area contributed by atoms with Crippen LogP contribution in [0, 0.1) is 12.8 Å².